The van der Waals surface area contributed by atoms with Crippen LogP contribution < -0.4 is 0 Å². The van der Waals surface area contributed by atoms with Crippen molar-refractivity contribution in [2.75, 3.05) is 13.2 Å². The van der Waals surface area contributed by atoms with Gasteiger partial charge in [-0.2, -0.15) is 0 Å². The van der Waals surface area contributed by atoms with Gasteiger partial charge in [0, 0.05) is 0 Å². The van der Waals surface area contributed by atoms with Crippen LogP contribution in [0.3, 0.4) is 0 Å². The number of carbonyl (C=O) groups is 2. The Kier molecular flexibility index (Phi) is 5.80. The van der Waals surface area contributed by atoms with Gasteiger partial charge in [0.1, 0.15) is 19.1 Å². The normalized spacial score (nSPS) is 23.0. The van der Waals surface area contributed by atoms with Gasteiger partial charge in [-0.25, -0.2) is 19.6 Å². The van der Waals surface area contributed by atoms with Crippen LogP contribution in [-0.2, 0) is 28.5 Å². The summed E-state index contributed by atoms with van der Waals surface area (Å²) >= 11 is 0. The molecule has 2 atom stereocenters. The third-order valence-corrected chi connectivity index (χ3v) is 3.33. The summed E-state index contributed by atoms with van der Waals surface area (Å²) in [5.41, 5.74) is 0. The molecule has 2 heterocycles. The predicted octanol–water partition coefficient (Wildman–Crippen LogP) is 1.12. The molecule has 0 aromatic heterocycles. The summed E-state index contributed by atoms with van der Waals surface area (Å²) in [4.78, 5) is 32.2. The van der Waals surface area contributed by atoms with Crippen molar-refractivity contribution in [3.8, 4) is 0 Å². The van der Waals surface area contributed by atoms with E-state index >= 15 is 0 Å². The topological polar surface area (TPSA) is 95.8 Å². The number of hydrogen-bond donors (Lipinski definition) is 0. The van der Waals surface area contributed by atoms with E-state index in [1.54, 1.807) is 34.6 Å². The lowest BCUT2D eigenvalue weighted by molar-refractivity contribution is -0.150. The molecule has 0 aliphatic carbocycles. The molecule has 2 rings (SSSR count). The van der Waals surface area contributed by atoms with Crippen LogP contribution in [0, 0.1) is 5.92 Å². The van der Waals surface area contributed by atoms with Crippen molar-refractivity contribution in [1.82, 2.24) is 0 Å². The molecule has 0 saturated carbocycles. The van der Waals surface area contributed by atoms with E-state index < -0.39 is 24.0 Å². The average Bonchev–Trinajstić information content (AvgIpc) is 3.15. The Balaban J connectivity index is 1.98. The van der Waals surface area contributed by atoms with Crippen molar-refractivity contribution in [2.24, 2.45) is 15.9 Å². The van der Waals surface area contributed by atoms with Gasteiger partial charge in [0.2, 0.25) is 0 Å². The van der Waals surface area contributed by atoms with E-state index in [0.717, 1.165) is 0 Å². The van der Waals surface area contributed by atoms with Crippen LogP contribution >= 0.6 is 0 Å². The van der Waals surface area contributed by atoms with Crippen molar-refractivity contribution < 1.29 is 28.5 Å². The highest BCUT2D eigenvalue weighted by Gasteiger charge is 2.36. The highest BCUT2D eigenvalue weighted by Crippen LogP contribution is 2.19. The van der Waals surface area contributed by atoms with E-state index in [2.05, 4.69) is 9.98 Å². The lowest BCUT2D eigenvalue weighted by atomic mass is 10.2. The van der Waals surface area contributed by atoms with Crippen molar-refractivity contribution >= 4 is 23.7 Å². The van der Waals surface area contributed by atoms with Crippen molar-refractivity contribution in [1.29, 1.82) is 0 Å². The van der Waals surface area contributed by atoms with E-state index in [0.29, 0.717) is 11.8 Å². The maximum atomic E-state index is 11.9. The molecular weight excluding hydrogens is 316 g/mol. The third-order valence-electron chi connectivity index (χ3n) is 3.33. The molecule has 0 radical (unpaired) electrons. The second-order valence-corrected chi connectivity index (χ2v) is 6.28. The molecule has 0 spiro atoms. The lowest BCUT2D eigenvalue weighted by Gasteiger charge is -2.09. The Bertz CT molecular complexity index is 507. The van der Waals surface area contributed by atoms with Gasteiger partial charge in [0.05, 0.1) is 12.2 Å². The van der Waals surface area contributed by atoms with Crippen LogP contribution in [0.15, 0.2) is 9.98 Å². The number of ether oxygens (including phenoxy) is 4. The molecule has 8 nitrogen and oxygen atoms in total. The largest absolute Gasteiger partial charge is 0.477 e. The first-order chi connectivity index (χ1) is 11.3. The second-order valence-electron chi connectivity index (χ2n) is 6.28. The number of esters is 2. The monoisotopic (exact) mass is 340 g/mol. The van der Waals surface area contributed by atoms with E-state index in [1.807, 2.05) is 0 Å². The number of nitrogens with zero attached hydrogens (tertiary/aromatic N) is 2. The highest BCUT2D eigenvalue weighted by atomic mass is 16.6. The van der Waals surface area contributed by atoms with Crippen LogP contribution in [0.2, 0.25) is 0 Å². The molecule has 0 unspecified atom stereocenters. The van der Waals surface area contributed by atoms with Crippen molar-refractivity contribution in [3.05, 3.63) is 0 Å². The molecule has 0 aromatic rings. The van der Waals surface area contributed by atoms with Crippen LogP contribution in [-0.4, -0.2) is 61.2 Å². The summed E-state index contributed by atoms with van der Waals surface area (Å²) in [6.45, 7) is 9.17. The quantitative estimate of drug-likeness (QED) is 0.672. The molecule has 8 heteroatoms. The minimum Gasteiger partial charge on any atom is -0.477 e. The van der Waals surface area contributed by atoms with Crippen LogP contribution in [0.5, 0.6) is 0 Å². The maximum absolute atomic E-state index is 11.9. The van der Waals surface area contributed by atoms with Crippen LogP contribution in [0.1, 0.15) is 34.6 Å². The number of rotatable bonds is 6. The summed E-state index contributed by atoms with van der Waals surface area (Å²) in [5.74, 6) is -0.493. The Labute approximate surface area is 141 Å². The molecule has 0 amide bonds. The van der Waals surface area contributed by atoms with Gasteiger partial charge < -0.3 is 18.9 Å². The molecule has 0 saturated heterocycles. The van der Waals surface area contributed by atoms with Gasteiger partial charge in [-0.3, -0.25) is 0 Å². The zero-order valence-electron chi connectivity index (χ0n) is 14.6. The first-order valence-electron chi connectivity index (χ1n) is 8.10. The Hall–Kier alpha value is -2.12. The molecule has 0 fully saturated rings. The SMILES string of the molecule is CC(C)OC(=O)[C@@H]1COC(C(C)C2=N[C@H](C(=O)OC(C)C)CO2)=N1. The second kappa shape index (κ2) is 7.63. The first kappa shape index (κ1) is 18.2. The minimum atomic E-state index is -0.673. The Morgan fingerprint density at radius 1 is 0.875 bits per heavy atom. The van der Waals surface area contributed by atoms with E-state index in [-0.39, 0.29) is 31.3 Å². The van der Waals surface area contributed by atoms with Gasteiger partial charge >= 0.3 is 11.9 Å². The van der Waals surface area contributed by atoms with Crippen LogP contribution in [0.25, 0.3) is 0 Å². The summed E-state index contributed by atoms with van der Waals surface area (Å²) in [6, 6.07) is -1.35. The first-order valence-corrected chi connectivity index (χ1v) is 8.10. The fraction of sp³-hybridized carbons (Fsp3) is 0.750. The standard InChI is InChI=1S/C16H24N2O6/c1-8(2)23-15(19)11-6-21-13(17-11)10(5)14-18-12(7-22-14)16(20)24-9(3)4/h8-12H,6-7H2,1-5H3/t11-,12-/m0/s1. The van der Waals surface area contributed by atoms with E-state index in [4.69, 9.17) is 18.9 Å². The minimum absolute atomic E-state index is 0.136. The Morgan fingerprint density at radius 3 is 1.58 bits per heavy atom. The van der Waals surface area contributed by atoms with E-state index in [1.165, 1.54) is 0 Å². The van der Waals surface area contributed by atoms with Gasteiger partial charge in [0.15, 0.2) is 23.9 Å². The number of carbonyl (C=O) groups excluding carboxylic acids is 2. The van der Waals surface area contributed by atoms with Gasteiger partial charge in [-0.05, 0) is 34.6 Å². The Morgan fingerprint density at radius 2 is 1.25 bits per heavy atom. The smallest absolute Gasteiger partial charge is 0.334 e. The highest BCUT2D eigenvalue weighted by molar-refractivity contribution is 6.03. The number of aliphatic imine (C=N–C) groups is 2. The molecule has 2 aliphatic rings. The molecule has 24 heavy (non-hydrogen) atoms. The van der Waals surface area contributed by atoms with Crippen LogP contribution in [0.4, 0.5) is 0 Å². The molecule has 0 aromatic carbocycles. The van der Waals surface area contributed by atoms with Crippen molar-refractivity contribution in [2.45, 2.75) is 58.9 Å². The van der Waals surface area contributed by atoms with Gasteiger partial charge in [0.25, 0.3) is 0 Å². The summed E-state index contributed by atoms with van der Waals surface area (Å²) in [6.07, 6.45) is -0.408. The van der Waals surface area contributed by atoms with Gasteiger partial charge in [-0.15, -0.1) is 0 Å². The summed E-state index contributed by atoms with van der Waals surface area (Å²) in [7, 11) is 0. The molecular formula is C16H24N2O6. The lowest BCUT2D eigenvalue weighted by Crippen LogP contribution is -2.25. The predicted molar refractivity (Wildman–Crippen MR) is 86.0 cm³/mol. The zero-order chi connectivity index (χ0) is 17.9. The zero-order valence-corrected chi connectivity index (χ0v) is 14.6. The van der Waals surface area contributed by atoms with E-state index in [9.17, 15) is 9.59 Å². The molecule has 134 valence electrons. The number of hydrogen-bond acceptors (Lipinski definition) is 8. The maximum Gasteiger partial charge on any atom is 0.334 e. The summed E-state index contributed by atoms with van der Waals surface area (Å²) in [5, 5.41) is 0. The average molecular weight is 340 g/mol. The molecule has 0 bridgehead atoms. The van der Waals surface area contributed by atoms with Crippen molar-refractivity contribution in [3.63, 3.8) is 0 Å². The fourth-order valence-electron chi connectivity index (χ4n) is 2.23. The third kappa shape index (κ3) is 4.46. The fourth-order valence-corrected chi connectivity index (χ4v) is 2.23. The molecule has 2 aliphatic heterocycles. The summed E-state index contributed by atoms with van der Waals surface area (Å²) < 4.78 is 21.2. The van der Waals surface area contributed by atoms with Gasteiger partial charge in [-0.1, -0.05) is 0 Å². The molecule has 0 N–H and O–H groups in total.